The lowest BCUT2D eigenvalue weighted by Gasteiger charge is -2.21. The molecule has 29 heavy (non-hydrogen) atoms. The van der Waals surface area contributed by atoms with Crippen LogP contribution in [0.4, 0.5) is 9.59 Å². The lowest BCUT2D eigenvalue weighted by molar-refractivity contribution is 0.181. The van der Waals surface area contributed by atoms with Crippen molar-refractivity contribution < 1.29 is 19.1 Å². The van der Waals surface area contributed by atoms with E-state index in [0.29, 0.717) is 23.3 Å². The Morgan fingerprint density at radius 3 is 1.48 bits per heavy atom. The van der Waals surface area contributed by atoms with E-state index in [9.17, 15) is 9.59 Å². The number of nitrogens with zero attached hydrogens (tertiary/aromatic N) is 2. The fourth-order valence-corrected chi connectivity index (χ4v) is 3.03. The van der Waals surface area contributed by atoms with Crippen molar-refractivity contribution in [3.63, 3.8) is 0 Å². The van der Waals surface area contributed by atoms with E-state index < -0.39 is 12.2 Å². The summed E-state index contributed by atoms with van der Waals surface area (Å²) in [5.74, 6) is 1.58. The zero-order chi connectivity index (χ0) is 21.6. The number of amides is 2. The summed E-state index contributed by atoms with van der Waals surface area (Å²) in [7, 11) is 3.06. The van der Waals surface area contributed by atoms with Gasteiger partial charge in [0.15, 0.2) is 0 Å². The van der Waals surface area contributed by atoms with Crippen LogP contribution < -0.4 is 9.47 Å². The van der Waals surface area contributed by atoms with Crippen molar-refractivity contribution in [3.05, 3.63) is 59.7 Å². The highest BCUT2D eigenvalue weighted by atomic mass is 32.2. The second-order valence-corrected chi connectivity index (χ2v) is 8.53. The molecular weight excluding hydrogens is 388 g/mol. The predicted molar refractivity (Wildman–Crippen MR) is 116 cm³/mol. The Balaban J connectivity index is 1.92. The molecule has 0 fully saturated rings. The second-order valence-electron chi connectivity index (χ2n) is 7.27. The Bertz CT molecular complexity index is 785. The summed E-state index contributed by atoms with van der Waals surface area (Å²) in [6.07, 6.45) is -1.17. The fourth-order valence-electron chi connectivity index (χ4n) is 2.45. The minimum Gasteiger partial charge on any atom is -0.410 e. The number of benzene rings is 2. The van der Waals surface area contributed by atoms with Crippen molar-refractivity contribution >= 4 is 24.3 Å². The standard InChI is InChI=1S/C22H28N2O4S/c1-15(2)17-9-7-11-19(13-17)27-21(25)23(5)29-24(6)22(26)28-20-12-8-10-18(14-20)16(3)4/h7-16H,1-6H3. The van der Waals surface area contributed by atoms with Crippen molar-refractivity contribution in [3.8, 4) is 11.5 Å². The van der Waals surface area contributed by atoms with Gasteiger partial charge in [-0.15, -0.1) is 0 Å². The molecule has 2 amide bonds. The Morgan fingerprint density at radius 1 is 0.759 bits per heavy atom. The van der Waals surface area contributed by atoms with Gasteiger partial charge in [0.2, 0.25) is 0 Å². The van der Waals surface area contributed by atoms with Gasteiger partial charge in [0.25, 0.3) is 0 Å². The van der Waals surface area contributed by atoms with E-state index in [4.69, 9.17) is 9.47 Å². The van der Waals surface area contributed by atoms with Crippen LogP contribution in [0, 0.1) is 0 Å². The summed E-state index contributed by atoms with van der Waals surface area (Å²) in [6.45, 7) is 8.28. The monoisotopic (exact) mass is 416 g/mol. The molecule has 0 aromatic heterocycles. The molecule has 0 aliphatic rings. The number of carbonyl (C=O) groups is 2. The zero-order valence-electron chi connectivity index (χ0n) is 17.7. The first-order chi connectivity index (χ1) is 13.7. The molecule has 6 nitrogen and oxygen atoms in total. The highest BCUT2D eigenvalue weighted by Gasteiger charge is 2.20. The average Bonchev–Trinajstić information content (AvgIpc) is 2.68. The van der Waals surface area contributed by atoms with Crippen molar-refractivity contribution in [2.75, 3.05) is 14.1 Å². The molecule has 0 spiro atoms. The number of hydrogen-bond acceptors (Lipinski definition) is 5. The summed E-state index contributed by atoms with van der Waals surface area (Å²) in [5.41, 5.74) is 2.16. The second kappa shape index (κ2) is 10.2. The molecule has 0 aliphatic heterocycles. The first-order valence-corrected chi connectivity index (χ1v) is 10.2. The van der Waals surface area contributed by atoms with E-state index in [2.05, 4.69) is 27.7 Å². The van der Waals surface area contributed by atoms with E-state index in [1.54, 1.807) is 12.1 Å². The lowest BCUT2D eigenvalue weighted by atomic mass is 10.0. The normalized spacial score (nSPS) is 10.8. The van der Waals surface area contributed by atoms with Crippen LogP contribution in [-0.4, -0.2) is 34.9 Å². The van der Waals surface area contributed by atoms with Crippen LogP contribution in [0.1, 0.15) is 50.7 Å². The van der Waals surface area contributed by atoms with Crippen molar-refractivity contribution in [2.24, 2.45) is 0 Å². The molecule has 2 rings (SSSR count). The van der Waals surface area contributed by atoms with Gasteiger partial charge in [0, 0.05) is 14.1 Å². The molecule has 0 heterocycles. The average molecular weight is 417 g/mol. The largest absolute Gasteiger partial charge is 0.426 e. The number of ether oxygens (including phenoxy) is 2. The van der Waals surface area contributed by atoms with Gasteiger partial charge in [-0.3, -0.25) is 0 Å². The van der Waals surface area contributed by atoms with Gasteiger partial charge in [-0.25, -0.2) is 18.2 Å². The maximum Gasteiger partial charge on any atom is 0.426 e. The zero-order valence-corrected chi connectivity index (χ0v) is 18.5. The lowest BCUT2D eigenvalue weighted by Crippen LogP contribution is -2.32. The molecule has 0 N–H and O–H groups in total. The van der Waals surface area contributed by atoms with Crippen molar-refractivity contribution in [1.29, 1.82) is 0 Å². The van der Waals surface area contributed by atoms with Gasteiger partial charge in [-0.1, -0.05) is 52.0 Å². The Labute approximate surface area is 177 Å². The van der Waals surface area contributed by atoms with E-state index in [1.165, 1.54) is 22.7 Å². The molecule has 0 bridgehead atoms. The number of carbonyl (C=O) groups excluding carboxylic acids is 2. The van der Waals surface area contributed by atoms with E-state index >= 15 is 0 Å². The van der Waals surface area contributed by atoms with E-state index in [0.717, 1.165) is 23.3 Å². The molecule has 156 valence electrons. The molecule has 2 aromatic carbocycles. The van der Waals surface area contributed by atoms with Crippen molar-refractivity contribution in [2.45, 2.75) is 39.5 Å². The third-order valence-corrected chi connectivity index (χ3v) is 5.01. The molecule has 0 atom stereocenters. The summed E-state index contributed by atoms with van der Waals surface area (Å²) in [5, 5.41) is 0. The van der Waals surface area contributed by atoms with Gasteiger partial charge >= 0.3 is 12.2 Å². The maximum absolute atomic E-state index is 12.3. The maximum atomic E-state index is 12.3. The molecule has 0 saturated carbocycles. The SMILES string of the molecule is CC(C)c1cccc(OC(=O)N(C)SN(C)C(=O)Oc2cccc(C(C)C)c2)c1. The van der Waals surface area contributed by atoms with Crippen LogP contribution in [-0.2, 0) is 0 Å². The van der Waals surface area contributed by atoms with Crippen LogP contribution in [0.3, 0.4) is 0 Å². The highest BCUT2D eigenvalue weighted by molar-refractivity contribution is 7.95. The van der Waals surface area contributed by atoms with Gasteiger partial charge in [-0.2, -0.15) is 0 Å². The topological polar surface area (TPSA) is 59.1 Å². The summed E-state index contributed by atoms with van der Waals surface area (Å²) < 4.78 is 13.3. The predicted octanol–water partition coefficient (Wildman–Crippen LogP) is 6.06. The molecule has 0 unspecified atom stereocenters. The van der Waals surface area contributed by atoms with Gasteiger partial charge in [-0.05, 0) is 47.2 Å². The van der Waals surface area contributed by atoms with Gasteiger partial charge in [0.05, 0.1) is 12.1 Å². The first kappa shape index (κ1) is 22.6. The van der Waals surface area contributed by atoms with E-state index in [-0.39, 0.29) is 0 Å². The molecule has 2 aromatic rings. The molecule has 7 heteroatoms. The van der Waals surface area contributed by atoms with Crippen molar-refractivity contribution in [1.82, 2.24) is 8.61 Å². The Hall–Kier alpha value is -2.67. The van der Waals surface area contributed by atoms with Crippen LogP contribution in [0.25, 0.3) is 0 Å². The summed E-state index contributed by atoms with van der Waals surface area (Å²) in [4.78, 5) is 24.7. The summed E-state index contributed by atoms with van der Waals surface area (Å²) >= 11 is 0.893. The van der Waals surface area contributed by atoms with Crippen LogP contribution >= 0.6 is 12.1 Å². The minimum absolute atomic E-state index is 0.329. The molecule has 0 radical (unpaired) electrons. The molecular formula is C22H28N2O4S. The Kier molecular flexibility index (Phi) is 7.96. The smallest absolute Gasteiger partial charge is 0.410 e. The highest BCUT2D eigenvalue weighted by Crippen LogP contribution is 2.24. The molecule has 0 aliphatic carbocycles. The first-order valence-electron chi connectivity index (χ1n) is 9.46. The third-order valence-electron chi connectivity index (χ3n) is 4.22. The number of hydrogen-bond donors (Lipinski definition) is 0. The molecule has 0 saturated heterocycles. The van der Waals surface area contributed by atoms with Crippen LogP contribution in [0.5, 0.6) is 11.5 Å². The van der Waals surface area contributed by atoms with Crippen LogP contribution in [0.15, 0.2) is 48.5 Å². The van der Waals surface area contributed by atoms with Gasteiger partial charge in [0.1, 0.15) is 11.5 Å². The minimum atomic E-state index is -0.586. The quantitative estimate of drug-likeness (QED) is 0.536. The van der Waals surface area contributed by atoms with Gasteiger partial charge < -0.3 is 9.47 Å². The fraction of sp³-hybridized carbons (Fsp3) is 0.364. The third kappa shape index (κ3) is 6.71. The Morgan fingerprint density at radius 2 is 1.14 bits per heavy atom. The number of rotatable bonds is 6. The van der Waals surface area contributed by atoms with E-state index in [1.807, 2.05) is 36.4 Å². The van der Waals surface area contributed by atoms with Crippen LogP contribution in [0.2, 0.25) is 0 Å². The summed E-state index contributed by atoms with van der Waals surface area (Å²) in [6, 6.07) is 14.8.